The Morgan fingerprint density at radius 2 is 1.27 bits per heavy atom. The number of para-hydroxylation sites is 2. The molecule has 3 aromatic heterocycles. The minimum Gasteiger partial charge on any atom is -0.384 e. The van der Waals surface area contributed by atoms with Crippen molar-refractivity contribution >= 4 is 44.7 Å². The van der Waals surface area contributed by atoms with Gasteiger partial charge in [-0.3, -0.25) is 19.5 Å². The molecule has 0 atom stereocenters. The van der Waals surface area contributed by atoms with Gasteiger partial charge in [0.2, 0.25) is 4.80 Å². The summed E-state index contributed by atoms with van der Waals surface area (Å²) in [6, 6.07) is 17.2. The smallest absolute Gasteiger partial charge is 0.340 e. The van der Waals surface area contributed by atoms with E-state index in [0.29, 0.717) is 6.54 Å². The molecule has 2 N–H and O–H groups in total. The summed E-state index contributed by atoms with van der Waals surface area (Å²) in [5.41, 5.74) is 10.5. The predicted octanol–water partition coefficient (Wildman–Crippen LogP) is 9.64. The molecule has 0 amide bonds. The van der Waals surface area contributed by atoms with E-state index in [-0.39, 0.29) is 11.7 Å². The van der Waals surface area contributed by atoms with Crippen molar-refractivity contribution in [2.75, 3.05) is 30.3 Å². The number of nitrogens with one attached hydrogen (secondary N) is 2. The molecule has 278 valence electrons. The van der Waals surface area contributed by atoms with Crippen molar-refractivity contribution in [2.24, 2.45) is 4.99 Å². The van der Waals surface area contributed by atoms with Gasteiger partial charge < -0.3 is 10.6 Å². The summed E-state index contributed by atoms with van der Waals surface area (Å²) in [5, 5.41) is 9.99. The van der Waals surface area contributed by atoms with Gasteiger partial charge in [0, 0.05) is 65.8 Å². The molecular formula is C43H59N7OS. The lowest BCUT2D eigenvalue weighted by molar-refractivity contribution is 0.577. The fraction of sp³-hybridized carbons (Fsp3) is 0.535. The number of aryl methyl sites for hydroxylation is 2. The third-order valence-electron chi connectivity index (χ3n) is 10.4. The average Bonchev–Trinajstić information content (AvgIpc) is 3.50. The van der Waals surface area contributed by atoms with E-state index in [1.807, 2.05) is 24.7 Å². The Hall–Kier alpha value is -3.98. The van der Waals surface area contributed by atoms with Crippen LogP contribution < -0.4 is 21.1 Å². The van der Waals surface area contributed by atoms with E-state index in [1.165, 1.54) is 108 Å². The van der Waals surface area contributed by atoms with E-state index >= 15 is 0 Å². The molecule has 52 heavy (non-hydrogen) atoms. The van der Waals surface area contributed by atoms with Crippen LogP contribution in [0.2, 0.25) is 0 Å². The number of benzene rings is 2. The minimum atomic E-state index is 0.0631. The van der Waals surface area contributed by atoms with Gasteiger partial charge in [-0.2, -0.15) is 0 Å². The Labute approximate surface area is 314 Å². The number of nitrogens with zero attached hydrogens (tertiary/aromatic N) is 5. The van der Waals surface area contributed by atoms with Crippen LogP contribution >= 0.6 is 11.5 Å². The molecule has 8 nitrogen and oxygen atoms in total. The first-order valence-electron chi connectivity index (χ1n) is 20.1. The Morgan fingerprint density at radius 3 is 1.83 bits per heavy atom. The summed E-state index contributed by atoms with van der Waals surface area (Å²) in [4.78, 5) is 27.8. The highest BCUT2D eigenvalue weighted by molar-refractivity contribution is 7.03. The lowest BCUT2D eigenvalue weighted by Crippen LogP contribution is -2.29. The normalized spacial score (nSPS) is 14.3. The maximum absolute atomic E-state index is 12.4. The fourth-order valence-electron chi connectivity index (χ4n) is 7.61. The van der Waals surface area contributed by atoms with Crippen LogP contribution in [0.15, 0.2) is 58.3 Å². The highest BCUT2D eigenvalue weighted by Crippen LogP contribution is 2.34. The molecule has 9 heteroatoms. The number of hydrogen-bond donors (Lipinski definition) is 2. The number of fused-ring (bicyclic) bond motifs is 4. The summed E-state index contributed by atoms with van der Waals surface area (Å²) >= 11 is 1.49. The monoisotopic (exact) mass is 721 g/mol. The molecule has 2 aliphatic rings. The second-order valence-corrected chi connectivity index (χ2v) is 15.5. The maximum Gasteiger partial charge on any atom is 0.340 e. The first-order valence-corrected chi connectivity index (χ1v) is 20.9. The summed E-state index contributed by atoms with van der Waals surface area (Å²) < 4.78 is 3.60. The van der Waals surface area contributed by atoms with E-state index in [0.717, 1.165) is 74.0 Å². The molecule has 0 aliphatic heterocycles. The lowest BCUT2D eigenvalue weighted by Gasteiger charge is -2.21. The Bertz CT molecular complexity index is 2060. The van der Waals surface area contributed by atoms with E-state index in [1.54, 1.807) is 4.57 Å². The van der Waals surface area contributed by atoms with Gasteiger partial charge in [0.1, 0.15) is 0 Å². The van der Waals surface area contributed by atoms with Crippen molar-refractivity contribution in [1.29, 1.82) is 0 Å². The molecule has 0 bridgehead atoms. The minimum absolute atomic E-state index is 0.0631. The zero-order valence-corrected chi connectivity index (χ0v) is 32.8. The van der Waals surface area contributed by atoms with Crippen LogP contribution in [0.25, 0.3) is 21.8 Å². The standard InChI is InChI=1S/C26H37N5OS.C17H22N2/c1-4-30-25(33-31(19(2)3)26(30)32)28-18-12-6-5-11-17-27-24-20-13-7-9-15-22(20)29-23-16-10-8-14-21(23)24;1-2-3-12-18-17-13-8-4-6-10-15(13)19-16-11-7-5-9-14(16)17/h7,9,13,15,19H,4-6,8,10-12,14,16-18H2,1-3H3,(H,27,29);4,6,8,10H,2-3,5,7,9,11-12H2,1H3,(H,18,19). The van der Waals surface area contributed by atoms with Crippen molar-refractivity contribution in [3.05, 3.63) is 86.3 Å². The highest BCUT2D eigenvalue weighted by Gasteiger charge is 2.19. The summed E-state index contributed by atoms with van der Waals surface area (Å²) in [6.07, 6.45) is 16.7. The molecule has 2 aliphatic carbocycles. The SMILES string of the molecule is CCCCNc1c2c(nc3ccccc13)CCCC2.CCn1c(=NCCCCCCNc2c3c(nc4ccccc24)CCCC3)sn(C(C)C)c1=O. The molecule has 2 aromatic carbocycles. The summed E-state index contributed by atoms with van der Waals surface area (Å²) in [5.74, 6) is 0. The average molecular weight is 722 g/mol. The van der Waals surface area contributed by atoms with Crippen LogP contribution in [-0.4, -0.2) is 38.1 Å². The van der Waals surface area contributed by atoms with Gasteiger partial charge in [0.25, 0.3) is 0 Å². The zero-order chi connectivity index (χ0) is 36.3. The van der Waals surface area contributed by atoms with Crippen molar-refractivity contribution in [1.82, 2.24) is 18.5 Å². The lowest BCUT2D eigenvalue weighted by atomic mass is 9.92. The van der Waals surface area contributed by atoms with Gasteiger partial charge in [-0.15, -0.1) is 0 Å². The Balaban J connectivity index is 0.000000206. The van der Waals surface area contributed by atoms with E-state index < -0.39 is 0 Å². The molecule has 0 unspecified atom stereocenters. The zero-order valence-electron chi connectivity index (χ0n) is 32.0. The third-order valence-corrected chi connectivity index (χ3v) is 11.7. The van der Waals surface area contributed by atoms with Crippen LogP contribution in [0.1, 0.15) is 120 Å². The van der Waals surface area contributed by atoms with Crippen molar-refractivity contribution in [3.63, 3.8) is 0 Å². The van der Waals surface area contributed by atoms with Gasteiger partial charge in [-0.25, -0.2) is 8.75 Å². The first-order chi connectivity index (χ1) is 25.5. The van der Waals surface area contributed by atoms with Gasteiger partial charge in [-0.1, -0.05) is 62.6 Å². The third kappa shape index (κ3) is 8.96. The molecular weight excluding hydrogens is 663 g/mol. The van der Waals surface area contributed by atoms with Crippen molar-refractivity contribution < 1.29 is 0 Å². The second-order valence-electron chi connectivity index (χ2n) is 14.6. The van der Waals surface area contributed by atoms with Crippen LogP contribution in [0, 0.1) is 0 Å². The van der Waals surface area contributed by atoms with Gasteiger partial charge in [0.05, 0.1) is 11.0 Å². The van der Waals surface area contributed by atoms with Crippen LogP contribution in [-0.2, 0) is 32.2 Å². The molecule has 5 aromatic rings. The summed E-state index contributed by atoms with van der Waals surface area (Å²) in [7, 11) is 0. The molecule has 0 radical (unpaired) electrons. The summed E-state index contributed by atoms with van der Waals surface area (Å²) in [6.45, 7) is 11.8. The van der Waals surface area contributed by atoms with E-state index in [2.05, 4.69) is 66.1 Å². The first kappa shape index (κ1) is 37.8. The van der Waals surface area contributed by atoms with Crippen LogP contribution in [0.5, 0.6) is 0 Å². The second kappa shape index (κ2) is 18.7. The van der Waals surface area contributed by atoms with Crippen LogP contribution in [0.4, 0.5) is 11.4 Å². The fourth-order valence-corrected chi connectivity index (χ4v) is 8.62. The molecule has 7 rings (SSSR count). The molecule has 0 saturated heterocycles. The van der Waals surface area contributed by atoms with Gasteiger partial charge >= 0.3 is 5.69 Å². The van der Waals surface area contributed by atoms with Crippen molar-refractivity contribution in [2.45, 2.75) is 130 Å². The molecule has 0 saturated carbocycles. The van der Waals surface area contributed by atoms with E-state index in [4.69, 9.17) is 15.0 Å². The predicted molar refractivity (Wildman–Crippen MR) is 220 cm³/mol. The Kier molecular flexibility index (Phi) is 13.6. The van der Waals surface area contributed by atoms with Gasteiger partial charge in [0.15, 0.2) is 0 Å². The number of hydrogen-bond acceptors (Lipinski definition) is 7. The van der Waals surface area contributed by atoms with Crippen molar-refractivity contribution in [3.8, 4) is 0 Å². The van der Waals surface area contributed by atoms with E-state index in [9.17, 15) is 4.79 Å². The number of aromatic nitrogens is 4. The molecule has 0 fully saturated rings. The Morgan fingerprint density at radius 1 is 0.731 bits per heavy atom. The number of unbranched alkanes of at least 4 members (excludes halogenated alkanes) is 4. The molecule has 3 heterocycles. The van der Waals surface area contributed by atoms with Gasteiger partial charge in [-0.05, 0) is 126 Å². The largest absolute Gasteiger partial charge is 0.384 e. The number of pyridine rings is 2. The van der Waals surface area contributed by atoms with Crippen LogP contribution in [0.3, 0.4) is 0 Å². The molecule has 0 spiro atoms. The topological polar surface area (TPSA) is 89.1 Å². The number of anilines is 2. The number of rotatable bonds is 14. The maximum atomic E-state index is 12.4. The quantitative estimate of drug-likeness (QED) is 0.112. The highest BCUT2D eigenvalue weighted by atomic mass is 32.1.